The summed E-state index contributed by atoms with van der Waals surface area (Å²) in [5.74, 6) is 1.07. The van der Waals surface area contributed by atoms with Gasteiger partial charge >= 0.3 is 5.97 Å². The van der Waals surface area contributed by atoms with Crippen LogP contribution in [0.3, 0.4) is 0 Å². The topological polar surface area (TPSA) is 51.5 Å². The van der Waals surface area contributed by atoms with Crippen molar-refractivity contribution in [3.63, 3.8) is 0 Å². The number of aryl methyl sites for hydroxylation is 1. The summed E-state index contributed by atoms with van der Waals surface area (Å²) in [5.41, 5.74) is 3.60. The number of furan rings is 1. The molecule has 0 bridgehead atoms. The van der Waals surface area contributed by atoms with E-state index in [4.69, 9.17) is 20.8 Å². The second-order valence-electron chi connectivity index (χ2n) is 6.69. The van der Waals surface area contributed by atoms with E-state index in [0.29, 0.717) is 29.5 Å². The van der Waals surface area contributed by atoms with Crippen molar-refractivity contribution in [1.29, 1.82) is 0 Å². The zero-order valence-corrected chi connectivity index (χ0v) is 17.0. The molecule has 0 radical (unpaired) electrons. The molecule has 0 aliphatic heterocycles. The average molecular weight is 398 g/mol. The van der Waals surface area contributed by atoms with Crippen molar-refractivity contribution in [1.82, 2.24) is 5.32 Å². The van der Waals surface area contributed by atoms with Gasteiger partial charge in [-0.25, -0.2) is 4.79 Å². The molecule has 2 aromatic carbocycles. The predicted octanol–water partition coefficient (Wildman–Crippen LogP) is 5.94. The van der Waals surface area contributed by atoms with Gasteiger partial charge in [0.2, 0.25) is 0 Å². The molecule has 1 heterocycles. The summed E-state index contributed by atoms with van der Waals surface area (Å²) in [5, 5.41) is 3.83. The van der Waals surface area contributed by atoms with Gasteiger partial charge in [0.25, 0.3) is 0 Å². The Labute approximate surface area is 170 Å². The lowest BCUT2D eigenvalue weighted by molar-refractivity contribution is 0.0526. The molecule has 0 amide bonds. The third-order valence-corrected chi connectivity index (χ3v) is 4.90. The van der Waals surface area contributed by atoms with Crippen LogP contribution >= 0.6 is 11.6 Å². The molecular weight excluding hydrogens is 374 g/mol. The van der Waals surface area contributed by atoms with E-state index >= 15 is 0 Å². The van der Waals surface area contributed by atoms with E-state index in [1.807, 2.05) is 18.2 Å². The van der Waals surface area contributed by atoms with E-state index in [-0.39, 0.29) is 6.04 Å². The monoisotopic (exact) mass is 397 g/mol. The predicted molar refractivity (Wildman–Crippen MR) is 112 cm³/mol. The Bertz CT molecular complexity index is 947. The van der Waals surface area contributed by atoms with Gasteiger partial charge in [0.1, 0.15) is 11.5 Å². The molecule has 1 N–H and O–H groups in total. The number of carbonyl (C=O) groups is 1. The van der Waals surface area contributed by atoms with Crippen molar-refractivity contribution >= 4 is 17.6 Å². The van der Waals surface area contributed by atoms with Crippen molar-refractivity contribution in [3.8, 4) is 11.3 Å². The average Bonchev–Trinajstić information content (AvgIpc) is 3.16. The van der Waals surface area contributed by atoms with E-state index in [1.54, 1.807) is 19.1 Å². The van der Waals surface area contributed by atoms with Gasteiger partial charge in [0.05, 0.1) is 23.7 Å². The number of hydrogen-bond acceptors (Lipinski definition) is 4. The maximum atomic E-state index is 12.0. The fourth-order valence-corrected chi connectivity index (χ4v) is 3.09. The van der Waals surface area contributed by atoms with Crippen LogP contribution in [0.1, 0.15) is 47.1 Å². The molecule has 4 nitrogen and oxygen atoms in total. The molecule has 0 spiro atoms. The molecule has 1 unspecified atom stereocenters. The molecule has 5 heteroatoms. The van der Waals surface area contributed by atoms with Crippen LogP contribution in [0, 0.1) is 6.92 Å². The summed E-state index contributed by atoms with van der Waals surface area (Å²) >= 11 is 6.13. The number of benzene rings is 2. The van der Waals surface area contributed by atoms with E-state index in [1.165, 1.54) is 11.1 Å². The number of carbonyl (C=O) groups excluding carboxylic acids is 1. The van der Waals surface area contributed by atoms with E-state index in [9.17, 15) is 4.79 Å². The van der Waals surface area contributed by atoms with E-state index in [0.717, 1.165) is 11.3 Å². The highest BCUT2D eigenvalue weighted by Gasteiger charge is 2.15. The fourth-order valence-electron chi connectivity index (χ4n) is 2.90. The molecular formula is C23H24ClNO3. The Morgan fingerprint density at radius 3 is 2.61 bits per heavy atom. The summed E-state index contributed by atoms with van der Waals surface area (Å²) in [6.07, 6.45) is 0. The molecule has 28 heavy (non-hydrogen) atoms. The van der Waals surface area contributed by atoms with Crippen molar-refractivity contribution in [3.05, 3.63) is 82.1 Å². The van der Waals surface area contributed by atoms with Crippen molar-refractivity contribution < 1.29 is 13.9 Å². The highest BCUT2D eigenvalue weighted by Crippen LogP contribution is 2.27. The summed E-state index contributed by atoms with van der Waals surface area (Å²) in [7, 11) is 0. The summed E-state index contributed by atoms with van der Waals surface area (Å²) in [4.78, 5) is 12.0. The van der Waals surface area contributed by atoms with Gasteiger partial charge < -0.3 is 14.5 Å². The minimum atomic E-state index is -0.435. The number of ether oxygens (including phenoxy) is 1. The van der Waals surface area contributed by atoms with Crippen LogP contribution in [0.5, 0.6) is 0 Å². The first-order valence-electron chi connectivity index (χ1n) is 9.33. The lowest BCUT2D eigenvalue weighted by Crippen LogP contribution is -2.17. The normalized spacial score (nSPS) is 12.0. The Balaban J connectivity index is 1.69. The van der Waals surface area contributed by atoms with Crippen molar-refractivity contribution in [2.75, 3.05) is 6.61 Å². The van der Waals surface area contributed by atoms with Crippen LogP contribution < -0.4 is 5.32 Å². The van der Waals surface area contributed by atoms with Gasteiger partial charge in [-0.1, -0.05) is 41.4 Å². The quantitative estimate of drug-likeness (QED) is 0.501. The third-order valence-electron chi connectivity index (χ3n) is 4.57. The zero-order valence-electron chi connectivity index (χ0n) is 16.3. The molecule has 1 aromatic heterocycles. The zero-order chi connectivity index (χ0) is 20.1. The summed E-state index contributed by atoms with van der Waals surface area (Å²) in [6.45, 7) is 6.87. The first kappa shape index (κ1) is 20.2. The molecule has 1 atom stereocenters. The second kappa shape index (κ2) is 9.09. The van der Waals surface area contributed by atoms with Gasteiger partial charge in [-0.15, -0.1) is 0 Å². The molecule has 0 aliphatic carbocycles. The molecule has 3 aromatic rings. The van der Waals surface area contributed by atoms with Gasteiger partial charge in [-0.3, -0.25) is 0 Å². The minimum Gasteiger partial charge on any atom is -0.462 e. The highest BCUT2D eigenvalue weighted by atomic mass is 35.5. The number of hydrogen-bond donors (Lipinski definition) is 1. The standard InChI is InChI=1S/C23H24ClNO3/c1-4-27-23(26)20-13-18(9-11-21(20)24)22-12-10-19(28-22)14-25-16(3)17-7-5-15(2)6-8-17/h5-13,16,25H,4,14H2,1-3H3. The molecule has 0 saturated carbocycles. The van der Waals surface area contributed by atoms with Gasteiger partial charge in [0.15, 0.2) is 0 Å². The molecule has 0 saturated heterocycles. The van der Waals surface area contributed by atoms with Crippen LogP contribution in [0.25, 0.3) is 11.3 Å². The smallest absolute Gasteiger partial charge is 0.339 e. The van der Waals surface area contributed by atoms with Crippen LogP contribution in [-0.2, 0) is 11.3 Å². The third kappa shape index (κ3) is 4.83. The SMILES string of the molecule is CCOC(=O)c1cc(-c2ccc(CNC(C)c3ccc(C)cc3)o2)ccc1Cl. The Hall–Kier alpha value is -2.56. The van der Waals surface area contributed by atoms with E-state index < -0.39 is 5.97 Å². The molecule has 146 valence electrons. The van der Waals surface area contributed by atoms with Crippen LogP contribution in [-0.4, -0.2) is 12.6 Å². The summed E-state index contributed by atoms with van der Waals surface area (Å²) < 4.78 is 11.0. The Morgan fingerprint density at radius 1 is 1.14 bits per heavy atom. The maximum absolute atomic E-state index is 12.0. The fraction of sp³-hybridized carbons (Fsp3) is 0.261. The number of nitrogens with one attached hydrogen (secondary N) is 1. The van der Waals surface area contributed by atoms with Crippen molar-refractivity contribution in [2.45, 2.75) is 33.4 Å². The van der Waals surface area contributed by atoms with Crippen molar-refractivity contribution in [2.24, 2.45) is 0 Å². The molecule has 0 fully saturated rings. The number of rotatable bonds is 7. The first-order chi connectivity index (χ1) is 13.5. The lowest BCUT2D eigenvalue weighted by Gasteiger charge is -2.13. The summed E-state index contributed by atoms with van der Waals surface area (Å²) in [6, 6.07) is 17.7. The first-order valence-corrected chi connectivity index (χ1v) is 9.71. The molecule has 0 aliphatic rings. The Morgan fingerprint density at radius 2 is 1.89 bits per heavy atom. The van der Waals surface area contributed by atoms with Gasteiger partial charge in [-0.2, -0.15) is 0 Å². The van der Waals surface area contributed by atoms with Gasteiger partial charge in [-0.05, 0) is 56.7 Å². The Kier molecular flexibility index (Phi) is 6.55. The second-order valence-corrected chi connectivity index (χ2v) is 7.10. The minimum absolute atomic E-state index is 0.208. The lowest BCUT2D eigenvalue weighted by atomic mass is 10.1. The van der Waals surface area contributed by atoms with E-state index in [2.05, 4.69) is 43.4 Å². The highest BCUT2D eigenvalue weighted by molar-refractivity contribution is 6.33. The molecule has 3 rings (SSSR count). The largest absolute Gasteiger partial charge is 0.462 e. The number of esters is 1. The van der Waals surface area contributed by atoms with Crippen LogP contribution in [0.15, 0.2) is 59.0 Å². The maximum Gasteiger partial charge on any atom is 0.339 e. The number of halogens is 1. The van der Waals surface area contributed by atoms with Crippen LogP contribution in [0.2, 0.25) is 5.02 Å². The van der Waals surface area contributed by atoms with Crippen LogP contribution in [0.4, 0.5) is 0 Å². The van der Waals surface area contributed by atoms with Gasteiger partial charge in [0, 0.05) is 11.6 Å².